The van der Waals surface area contributed by atoms with E-state index in [1.165, 1.54) is 38.4 Å². The molecule has 0 N–H and O–H groups in total. The first-order valence-corrected chi connectivity index (χ1v) is 7.24. The highest BCUT2D eigenvalue weighted by molar-refractivity contribution is 5.86. The molecule has 0 spiro atoms. The molecule has 0 rings (SSSR count). The lowest BCUT2D eigenvalue weighted by Crippen LogP contribution is -2.20. The minimum Gasteiger partial charge on any atom is -0.463 e. The fourth-order valence-electron chi connectivity index (χ4n) is 1.75. The Morgan fingerprint density at radius 3 is 2.26 bits per heavy atom. The molecule has 0 saturated carbocycles. The van der Waals surface area contributed by atoms with Crippen molar-refractivity contribution in [3.63, 3.8) is 0 Å². The number of rotatable bonds is 12. The number of esters is 1. The summed E-state index contributed by atoms with van der Waals surface area (Å²) in [5.74, 6) is -0.408. The third kappa shape index (κ3) is 10.4. The molecule has 0 fully saturated rings. The zero-order chi connectivity index (χ0) is 14.5. The molecule has 0 aliphatic carbocycles. The molecule has 0 saturated heterocycles. The smallest absolute Gasteiger partial charge is 0.336 e. The summed E-state index contributed by atoms with van der Waals surface area (Å²) in [4.78, 5) is 11.4. The average Bonchev–Trinajstić information content (AvgIpc) is 2.37. The van der Waals surface area contributed by atoms with Crippen molar-refractivity contribution >= 4 is 5.97 Å². The van der Waals surface area contributed by atoms with Crippen LogP contribution in [0.5, 0.6) is 0 Å². The molecule has 0 heterocycles. The second-order valence-electron chi connectivity index (χ2n) is 4.83. The van der Waals surface area contributed by atoms with Gasteiger partial charge in [0, 0.05) is 12.0 Å². The van der Waals surface area contributed by atoms with E-state index in [2.05, 4.69) is 20.1 Å². The summed E-state index contributed by atoms with van der Waals surface area (Å²) in [6, 6.07) is 0. The maximum absolute atomic E-state index is 11.4. The van der Waals surface area contributed by atoms with E-state index in [9.17, 15) is 4.79 Å². The normalized spacial score (nSPS) is 11.7. The van der Waals surface area contributed by atoms with E-state index in [1.54, 1.807) is 6.92 Å². The number of hydrogen-bond donors (Lipinski definition) is 0. The maximum atomic E-state index is 11.4. The van der Waals surface area contributed by atoms with Crippen LogP contribution in [0.2, 0.25) is 0 Å². The second-order valence-corrected chi connectivity index (χ2v) is 4.83. The van der Waals surface area contributed by atoms with Gasteiger partial charge in [-0.2, -0.15) is 0 Å². The van der Waals surface area contributed by atoms with Crippen molar-refractivity contribution in [1.29, 1.82) is 0 Å². The van der Waals surface area contributed by atoms with Crippen LogP contribution in [0.4, 0.5) is 0 Å². The Labute approximate surface area is 117 Å². The van der Waals surface area contributed by atoms with Gasteiger partial charge in [0.25, 0.3) is 0 Å². The van der Waals surface area contributed by atoms with Gasteiger partial charge in [0.1, 0.15) is 0 Å². The molecule has 0 aliphatic rings. The van der Waals surface area contributed by atoms with Gasteiger partial charge in [-0.25, -0.2) is 4.79 Å². The van der Waals surface area contributed by atoms with E-state index in [0.717, 1.165) is 12.8 Å². The molecule has 0 bridgehead atoms. The molecule has 19 heavy (non-hydrogen) atoms. The number of carbonyl (C=O) groups excluding carboxylic acids is 1. The lowest BCUT2D eigenvalue weighted by Gasteiger charge is -2.17. The zero-order valence-corrected chi connectivity index (χ0v) is 12.5. The van der Waals surface area contributed by atoms with Crippen LogP contribution < -0.4 is 0 Å². The highest BCUT2D eigenvalue weighted by atomic mass is 16.7. The highest BCUT2D eigenvalue weighted by Crippen LogP contribution is 2.13. The molecule has 3 nitrogen and oxygen atoms in total. The molecule has 1 atom stereocenters. The van der Waals surface area contributed by atoms with E-state index >= 15 is 0 Å². The first-order chi connectivity index (χ1) is 9.11. The van der Waals surface area contributed by atoms with Crippen LogP contribution in [0.1, 0.15) is 65.2 Å². The first-order valence-electron chi connectivity index (χ1n) is 7.24. The summed E-state index contributed by atoms with van der Waals surface area (Å²) in [5.41, 5.74) is 0.386. The summed E-state index contributed by atoms with van der Waals surface area (Å²) in [7, 11) is 0. The number of hydrogen-bond acceptors (Lipinski definition) is 3. The summed E-state index contributed by atoms with van der Waals surface area (Å²) in [5, 5.41) is 0. The SMILES string of the molecule is C=COC(CCCCCCCCC)OC(=O)C(=C)C. The summed E-state index contributed by atoms with van der Waals surface area (Å²) < 4.78 is 10.4. The molecule has 1 unspecified atom stereocenters. The van der Waals surface area contributed by atoms with Crippen molar-refractivity contribution in [3.8, 4) is 0 Å². The Balaban J connectivity index is 3.73. The Kier molecular flexibility index (Phi) is 11.0. The van der Waals surface area contributed by atoms with Gasteiger partial charge >= 0.3 is 5.97 Å². The third-order valence-corrected chi connectivity index (χ3v) is 2.88. The Bertz CT molecular complexity index is 271. The van der Waals surface area contributed by atoms with Gasteiger partial charge < -0.3 is 9.47 Å². The van der Waals surface area contributed by atoms with Crippen LogP contribution in [0.3, 0.4) is 0 Å². The van der Waals surface area contributed by atoms with Gasteiger partial charge in [0.15, 0.2) is 0 Å². The fraction of sp³-hybridized carbons (Fsp3) is 0.688. The first kappa shape index (κ1) is 17.8. The molecule has 0 radical (unpaired) electrons. The average molecular weight is 268 g/mol. The Morgan fingerprint density at radius 1 is 1.16 bits per heavy atom. The van der Waals surface area contributed by atoms with Crippen molar-refractivity contribution in [2.45, 2.75) is 71.5 Å². The van der Waals surface area contributed by atoms with Gasteiger partial charge in [-0.15, -0.1) is 0 Å². The molecular weight excluding hydrogens is 240 g/mol. The highest BCUT2D eigenvalue weighted by Gasteiger charge is 2.14. The lowest BCUT2D eigenvalue weighted by molar-refractivity contribution is -0.165. The van der Waals surface area contributed by atoms with Crippen molar-refractivity contribution < 1.29 is 14.3 Å². The predicted octanol–water partition coefficient (Wildman–Crippen LogP) is 4.73. The van der Waals surface area contributed by atoms with E-state index in [0.29, 0.717) is 12.0 Å². The van der Waals surface area contributed by atoms with E-state index in [1.807, 2.05) is 0 Å². The van der Waals surface area contributed by atoms with Crippen molar-refractivity contribution in [2.24, 2.45) is 0 Å². The van der Waals surface area contributed by atoms with E-state index in [4.69, 9.17) is 9.47 Å². The zero-order valence-electron chi connectivity index (χ0n) is 12.5. The van der Waals surface area contributed by atoms with Crippen LogP contribution in [-0.4, -0.2) is 12.3 Å². The minimum absolute atomic E-state index is 0.386. The number of ether oxygens (including phenoxy) is 2. The topological polar surface area (TPSA) is 35.5 Å². The monoisotopic (exact) mass is 268 g/mol. The number of carbonyl (C=O) groups is 1. The van der Waals surface area contributed by atoms with Crippen molar-refractivity contribution in [1.82, 2.24) is 0 Å². The van der Waals surface area contributed by atoms with Gasteiger partial charge in [-0.1, -0.05) is 58.6 Å². The molecule has 0 aromatic heterocycles. The Morgan fingerprint density at radius 2 is 1.74 bits per heavy atom. The summed E-state index contributed by atoms with van der Waals surface area (Å²) in [6.07, 6.45) is 10.0. The van der Waals surface area contributed by atoms with Crippen LogP contribution >= 0.6 is 0 Å². The minimum atomic E-state index is -0.530. The van der Waals surface area contributed by atoms with E-state index < -0.39 is 12.3 Å². The van der Waals surface area contributed by atoms with Crippen LogP contribution in [0, 0.1) is 0 Å². The van der Waals surface area contributed by atoms with Gasteiger partial charge in [0.05, 0.1) is 6.26 Å². The number of unbranched alkanes of at least 4 members (excludes halogenated alkanes) is 6. The van der Waals surface area contributed by atoms with Crippen molar-refractivity contribution in [3.05, 3.63) is 25.0 Å². The van der Waals surface area contributed by atoms with Crippen LogP contribution in [-0.2, 0) is 14.3 Å². The van der Waals surface area contributed by atoms with E-state index in [-0.39, 0.29) is 0 Å². The van der Waals surface area contributed by atoms with Gasteiger partial charge in [-0.05, 0) is 13.3 Å². The molecule has 0 aliphatic heterocycles. The largest absolute Gasteiger partial charge is 0.463 e. The Hall–Kier alpha value is -1.25. The summed E-state index contributed by atoms with van der Waals surface area (Å²) in [6.45, 7) is 10.9. The molecule has 0 amide bonds. The molecule has 110 valence electrons. The molecule has 0 aromatic carbocycles. The maximum Gasteiger partial charge on any atom is 0.336 e. The van der Waals surface area contributed by atoms with Gasteiger partial charge in [-0.3, -0.25) is 0 Å². The standard InChI is InChI=1S/C16H28O3/c1-5-7-8-9-10-11-12-13-15(18-6-2)19-16(17)14(3)4/h6,15H,2-3,5,7-13H2,1,4H3. The summed E-state index contributed by atoms with van der Waals surface area (Å²) >= 11 is 0. The predicted molar refractivity (Wildman–Crippen MR) is 78.6 cm³/mol. The molecular formula is C16H28O3. The molecule has 0 aromatic rings. The molecule has 3 heteroatoms. The second kappa shape index (κ2) is 11.8. The van der Waals surface area contributed by atoms with Crippen molar-refractivity contribution in [2.75, 3.05) is 0 Å². The van der Waals surface area contributed by atoms with Crippen LogP contribution in [0.15, 0.2) is 25.0 Å². The fourth-order valence-corrected chi connectivity index (χ4v) is 1.75. The van der Waals surface area contributed by atoms with Gasteiger partial charge in [0.2, 0.25) is 6.29 Å². The third-order valence-electron chi connectivity index (χ3n) is 2.88. The lowest BCUT2D eigenvalue weighted by atomic mass is 10.1. The quantitative estimate of drug-likeness (QED) is 0.169. The van der Waals surface area contributed by atoms with Crippen LogP contribution in [0.25, 0.3) is 0 Å².